The first-order valence-electron chi connectivity index (χ1n) is 13.3. The molecule has 0 aliphatic carbocycles. The Morgan fingerprint density at radius 1 is 1.07 bits per heavy atom. The summed E-state index contributed by atoms with van der Waals surface area (Å²) >= 11 is 4.58. The van der Waals surface area contributed by atoms with Crippen molar-refractivity contribution in [3.8, 4) is 22.8 Å². The van der Waals surface area contributed by atoms with E-state index in [4.69, 9.17) is 0 Å². The maximum atomic E-state index is 13.1. The Hall–Kier alpha value is -4.35. The molecule has 5 rings (SSSR count). The molecule has 1 fully saturated rings. The highest BCUT2D eigenvalue weighted by atomic mass is 79.9. The van der Waals surface area contributed by atoms with Crippen molar-refractivity contribution in [3.05, 3.63) is 88.7 Å². The van der Waals surface area contributed by atoms with Crippen LogP contribution < -0.4 is 20.5 Å². The fourth-order valence-electron chi connectivity index (χ4n) is 4.19. The quantitative estimate of drug-likeness (QED) is 0.149. The summed E-state index contributed by atoms with van der Waals surface area (Å²) < 4.78 is 69.4. The number of aromatic nitrogens is 3. The van der Waals surface area contributed by atoms with Gasteiger partial charge in [0.15, 0.2) is 11.0 Å². The summed E-state index contributed by atoms with van der Waals surface area (Å²) in [5.74, 6) is -0.360. The third kappa shape index (κ3) is 7.37. The molecule has 3 amide bonds. The molecular weight excluding hydrogens is 701 g/mol. The lowest BCUT2D eigenvalue weighted by atomic mass is 10.1. The van der Waals surface area contributed by atoms with Crippen LogP contribution in [0.15, 0.2) is 82.5 Å². The van der Waals surface area contributed by atoms with Gasteiger partial charge in [0.25, 0.3) is 0 Å². The molecule has 240 valence electrons. The summed E-state index contributed by atoms with van der Waals surface area (Å²) in [6.07, 6.45) is -9.81. The molecule has 1 aliphatic rings. The summed E-state index contributed by atoms with van der Waals surface area (Å²) in [7, 11) is 0. The third-order valence-corrected chi connectivity index (χ3v) is 8.02. The number of aliphatic imine (C=N–C) groups is 1. The number of hydrazine groups is 1. The molecule has 0 spiro atoms. The third-order valence-electron chi connectivity index (χ3n) is 6.61. The zero-order chi connectivity index (χ0) is 33.2. The van der Waals surface area contributed by atoms with Crippen LogP contribution in [0, 0.1) is 6.92 Å². The van der Waals surface area contributed by atoms with Crippen molar-refractivity contribution < 1.29 is 36.3 Å². The number of rotatable bonds is 8. The van der Waals surface area contributed by atoms with Crippen LogP contribution in [-0.4, -0.2) is 49.9 Å². The molecular formula is C29H23BrF5N7O3S. The number of amides is 3. The van der Waals surface area contributed by atoms with Crippen LogP contribution in [-0.2, 0) is 4.79 Å². The largest absolute Gasteiger partial charge is 0.499 e. The van der Waals surface area contributed by atoms with Gasteiger partial charge in [-0.05, 0) is 61.4 Å². The van der Waals surface area contributed by atoms with Crippen molar-refractivity contribution in [1.29, 1.82) is 0 Å². The molecule has 2 heterocycles. The first-order chi connectivity index (χ1) is 21.7. The number of carbonyl (C=O) groups is 2. The van der Waals surface area contributed by atoms with E-state index in [9.17, 15) is 31.5 Å². The van der Waals surface area contributed by atoms with Gasteiger partial charge in [0.1, 0.15) is 12.1 Å². The molecule has 1 saturated heterocycles. The van der Waals surface area contributed by atoms with E-state index in [1.165, 1.54) is 39.8 Å². The fraction of sp³-hybridized carbons (Fsp3) is 0.207. The number of urea groups is 1. The Bertz CT molecular complexity index is 1780. The average molecular weight is 725 g/mol. The highest BCUT2D eigenvalue weighted by Gasteiger charge is 2.61. The van der Waals surface area contributed by atoms with Gasteiger partial charge in [0, 0.05) is 16.1 Å². The highest BCUT2D eigenvalue weighted by molar-refractivity contribution is 9.10. The summed E-state index contributed by atoms with van der Waals surface area (Å²) in [5.41, 5.74) is 8.71. The van der Waals surface area contributed by atoms with Gasteiger partial charge in [-0.3, -0.25) is 15.1 Å². The Morgan fingerprint density at radius 2 is 1.76 bits per heavy atom. The lowest BCUT2D eigenvalue weighted by Crippen LogP contribution is -2.41. The van der Waals surface area contributed by atoms with E-state index in [0.29, 0.717) is 22.8 Å². The van der Waals surface area contributed by atoms with Crippen molar-refractivity contribution in [2.45, 2.75) is 32.2 Å². The SMILES string of the molecule is Cc1ccc(Br)cc1N1C(=O)CSC1=NC(=O)NNC(C)c1ccc(-c2ncn(-c3ccc(OC(F)(F)C(F)(F)F)cc3)n2)cc1. The van der Waals surface area contributed by atoms with Gasteiger partial charge in [-0.2, -0.15) is 26.9 Å². The lowest BCUT2D eigenvalue weighted by Gasteiger charge is -2.20. The number of thioether (sulfide) groups is 1. The van der Waals surface area contributed by atoms with Crippen LogP contribution in [0.5, 0.6) is 5.75 Å². The number of nitrogens with one attached hydrogen (secondary N) is 2. The molecule has 10 nitrogen and oxygen atoms in total. The number of carbonyl (C=O) groups excluding carboxylic acids is 2. The smallest absolute Gasteiger partial charge is 0.426 e. The zero-order valence-electron chi connectivity index (χ0n) is 23.8. The predicted molar refractivity (Wildman–Crippen MR) is 165 cm³/mol. The number of benzene rings is 3. The van der Waals surface area contributed by atoms with Crippen molar-refractivity contribution in [3.63, 3.8) is 0 Å². The Kier molecular flexibility index (Phi) is 9.46. The number of hydrogen-bond donors (Lipinski definition) is 2. The zero-order valence-corrected chi connectivity index (χ0v) is 26.3. The van der Waals surface area contributed by atoms with Crippen LogP contribution in [0.4, 0.5) is 32.4 Å². The van der Waals surface area contributed by atoms with Gasteiger partial charge in [-0.25, -0.2) is 19.9 Å². The monoisotopic (exact) mass is 723 g/mol. The number of halogens is 6. The van der Waals surface area contributed by atoms with Crippen molar-refractivity contribution in [2.24, 2.45) is 4.99 Å². The number of aryl methyl sites for hydroxylation is 1. The van der Waals surface area contributed by atoms with Crippen molar-refractivity contribution in [1.82, 2.24) is 25.6 Å². The molecule has 1 aliphatic heterocycles. The summed E-state index contributed by atoms with van der Waals surface area (Å²) in [5, 5.41) is 4.60. The second-order valence-corrected chi connectivity index (χ2v) is 11.7. The van der Waals surface area contributed by atoms with Crippen LogP contribution in [0.2, 0.25) is 0 Å². The van der Waals surface area contributed by atoms with Crippen LogP contribution in [0.1, 0.15) is 24.1 Å². The number of nitrogens with zero attached hydrogens (tertiary/aromatic N) is 5. The van der Waals surface area contributed by atoms with E-state index in [1.807, 2.05) is 26.0 Å². The number of alkyl halides is 5. The van der Waals surface area contributed by atoms with E-state index in [1.54, 1.807) is 30.3 Å². The van der Waals surface area contributed by atoms with Crippen LogP contribution >= 0.6 is 27.7 Å². The Balaban J connectivity index is 1.19. The number of hydrogen-bond acceptors (Lipinski definition) is 7. The molecule has 0 radical (unpaired) electrons. The first-order valence-corrected chi connectivity index (χ1v) is 15.1. The van der Waals surface area contributed by atoms with Crippen LogP contribution in [0.25, 0.3) is 17.1 Å². The standard InChI is InChI=1S/C29H23BrF5N7O3S/c1-16-3-8-20(30)13-23(16)42-24(43)14-46-27(42)37-26(44)39-38-17(2)18-4-6-19(7-5-18)25-36-15-41(40-25)21-9-11-22(12-10-21)45-29(34,35)28(31,32)33/h3-13,15,17,38H,14H2,1-2H3,(H,39,44). The summed E-state index contributed by atoms with van der Waals surface area (Å²) in [6.45, 7) is 3.68. The summed E-state index contributed by atoms with van der Waals surface area (Å²) in [4.78, 5) is 34.9. The summed E-state index contributed by atoms with van der Waals surface area (Å²) in [6, 6.07) is 16.1. The van der Waals surface area contributed by atoms with Gasteiger partial charge >= 0.3 is 18.3 Å². The second kappa shape index (κ2) is 13.2. The molecule has 1 unspecified atom stereocenters. The van der Waals surface area contributed by atoms with E-state index < -0.39 is 24.1 Å². The van der Waals surface area contributed by atoms with Crippen molar-refractivity contribution >= 4 is 50.5 Å². The second-order valence-electron chi connectivity index (χ2n) is 9.88. The molecule has 0 bridgehead atoms. The van der Waals surface area contributed by atoms with Gasteiger partial charge in [-0.15, -0.1) is 5.10 Å². The normalized spacial score (nSPS) is 15.3. The first kappa shape index (κ1) is 33.0. The van der Waals surface area contributed by atoms with E-state index in [0.717, 1.165) is 27.7 Å². The van der Waals surface area contributed by atoms with E-state index in [2.05, 4.69) is 46.6 Å². The van der Waals surface area contributed by atoms with Gasteiger partial charge in [-0.1, -0.05) is 58.0 Å². The molecule has 1 aromatic heterocycles. The topological polar surface area (TPSA) is 114 Å². The maximum Gasteiger partial charge on any atom is 0.499 e. The molecule has 1 atom stereocenters. The van der Waals surface area contributed by atoms with Crippen LogP contribution in [0.3, 0.4) is 0 Å². The Labute approximate surface area is 271 Å². The molecule has 2 N–H and O–H groups in total. The minimum Gasteiger partial charge on any atom is -0.426 e. The van der Waals surface area contributed by atoms with Crippen molar-refractivity contribution in [2.75, 3.05) is 10.7 Å². The minimum atomic E-state index is -5.85. The average Bonchev–Trinajstić information content (AvgIpc) is 3.64. The van der Waals surface area contributed by atoms with Gasteiger partial charge in [0.2, 0.25) is 5.91 Å². The number of anilines is 1. The molecule has 4 aromatic rings. The number of ether oxygens (including phenoxy) is 1. The molecule has 3 aromatic carbocycles. The fourth-order valence-corrected chi connectivity index (χ4v) is 5.39. The maximum absolute atomic E-state index is 13.1. The Morgan fingerprint density at radius 3 is 2.43 bits per heavy atom. The van der Waals surface area contributed by atoms with Gasteiger partial charge in [0.05, 0.1) is 17.1 Å². The molecule has 46 heavy (non-hydrogen) atoms. The van der Waals surface area contributed by atoms with Gasteiger partial charge < -0.3 is 4.74 Å². The molecule has 0 saturated carbocycles. The van der Waals surface area contributed by atoms with E-state index >= 15 is 0 Å². The predicted octanol–water partition coefficient (Wildman–Crippen LogP) is 6.95. The lowest BCUT2D eigenvalue weighted by molar-refractivity contribution is -0.360. The van der Waals surface area contributed by atoms with E-state index in [-0.39, 0.29) is 22.9 Å². The highest BCUT2D eigenvalue weighted by Crippen LogP contribution is 2.37. The number of amidine groups is 1. The molecule has 17 heteroatoms. The minimum absolute atomic E-state index is 0.162.